The highest BCUT2D eigenvalue weighted by Gasteiger charge is 2.25. The lowest BCUT2D eigenvalue weighted by Crippen LogP contribution is -2.23. The predicted octanol–water partition coefficient (Wildman–Crippen LogP) is 4.58. The summed E-state index contributed by atoms with van der Waals surface area (Å²) in [6, 6.07) is 14.0. The molecule has 8 heteroatoms. The molecule has 1 fully saturated rings. The maximum Gasteiger partial charge on any atom is 0.251 e. The second kappa shape index (κ2) is 9.84. The fourth-order valence-corrected chi connectivity index (χ4v) is 4.96. The van der Waals surface area contributed by atoms with Gasteiger partial charge >= 0.3 is 0 Å². The molecule has 0 saturated heterocycles. The van der Waals surface area contributed by atoms with E-state index in [0.717, 1.165) is 51.8 Å². The summed E-state index contributed by atoms with van der Waals surface area (Å²) >= 11 is 0. The Balaban J connectivity index is 1.49. The Morgan fingerprint density at radius 2 is 1.97 bits per heavy atom. The molecule has 8 nitrogen and oxygen atoms in total. The van der Waals surface area contributed by atoms with Crippen molar-refractivity contribution < 1.29 is 9.53 Å². The molecule has 1 aliphatic rings. The summed E-state index contributed by atoms with van der Waals surface area (Å²) in [5.74, 6) is 0.332. The first-order valence-corrected chi connectivity index (χ1v) is 12.0. The molecule has 0 unspecified atom stereocenters. The number of carbonyl (C=O) groups excluding carboxylic acids is 1. The minimum absolute atomic E-state index is 0.0910. The maximum absolute atomic E-state index is 12.7. The zero-order valence-electron chi connectivity index (χ0n) is 20.1. The van der Waals surface area contributed by atoms with E-state index in [9.17, 15) is 4.79 Å². The Bertz CT molecular complexity index is 1370. The number of nitrogen functional groups attached to an aromatic ring is 1. The van der Waals surface area contributed by atoms with Crippen LogP contribution in [0.1, 0.15) is 58.8 Å². The summed E-state index contributed by atoms with van der Waals surface area (Å²) in [4.78, 5) is 21.5. The van der Waals surface area contributed by atoms with Gasteiger partial charge < -0.3 is 15.8 Å². The number of benzene rings is 2. The van der Waals surface area contributed by atoms with Crippen molar-refractivity contribution in [2.24, 2.45) is 0 Å². The normalized spacial score (nSPS) is 14.0. The number of hydrogen-bond donors (Lipinski definition) is 2. The number of nitrogens with one attached hydrogen (secondary N) is 1. The van der Waals surface area contributed by atoms with Gasteiger partial charge in [-0.2, -0.15) is 5.10 Å². The van der Waals surface area contributed by atoms with E-state index in [0.29, 0.717) is 30.6 Å². The number of amides is 1. The SMILES string of the molecule is COCc1cc(CNC(=O)c2ccccc2C)ccc1-c1nn(C2CCCC2)c2ncnc(N)c12. The molecule has 180 valence electrons. The van der Waals surface area contributed by atoms with Crippen LogP contribution in [0.2, 0.25) is 0 Å². The number of ether oxygens (including phenoxy) is 1. The van der Waals surface area contributed by atoms with Crippen molar-refractivity contribution in [3.05, 3.63) is 71.0 Å². The van der Waals surface area contributed by atoms with Gasteiger partial charge in [0.05, 0.1) is 18.0 Å². The molecule has 5 rings (SSSR count). The molecule has 0 bridgehead atoms. The molecular formula is C27H30N6O2. The van der Waals surface area contributed by atoms with Gasteiger partial charge in [-0.25, -0.2) is 14.6 Å². The van der Waals surface area contributed by atoms with Gasteiger partial charge in [-0.1, -0.05) is 49.2 Å². The van der Waals surface area contributed by atoms with Crippen LogP contribution in [-0.2, 0) is 17.9 Å². The molecule has 2 aromatic heterocycles. The Kier molecular flexibility index (Phi) is 6.46. The molecule has 0 spiro atoms. The highest BCUT2D eigenvalue weighted by atomic mass is 16.5. The summed E-state index contributed by atoms with van der Waals surface area (Å²) in [5.41, 5.74) is 12.4. The topological polar surface area (TPSA) is 108 Å². The number of aromatic nitrogens is 4. The number of carbonyl (C=O) groups is 1. The van der Waals surface area contributed by atoms with Crippen molar-refractivity contribution in [1.82, 2.24) is 25.1 Å². The molecule has 4 aromatic rings. The number of nitrogens with zero attached hydrogens (tertiary/aromatic N) is 4. The smallest absolute Gasteiger partial charge is 0.251 e. The lowest BCUT2D eigenvalue weighted by Gasteiger charge is -2.12. The Morgan fingerprint density at radius 3 is 2.74 bits per heavy atom. The molecule has 2 heterocycles. The molecular weight excluding hydrogens is 440 g/mol. The summed E-state index contributed by atoms with van der Waals surface area (Å²) in [5, 5.41) is 8.81. The largest absolute Gasteiger partial charge is 0.383 e. The second-order valence-electron chi connectivity index (χ2n) is 9.11. The molecule has 0 radical (unpaired) electrons. The van der Waals surface area contributed by atoms with Crippen molar-refractivity contribution >= 4 is 22.8 Å². The van der Waals surface area contributed by atoms with Crippen LogP contribution in [0, 0.1) is 6.92 Å². The van der Waals surface area contributed by atoms with Gasteiger partial charge in [0.2, 0.25) is 0 Å². The van der Waals surface area contributed by atoms with E-state index in [1.54, 1.807) is 7.11 Å². The lowest BCUT2D eigenvalue weighted by atomic mass is 10.00. The van der Waals surface area contributed by atoms with Gasteiger partial charge in [0, 0.05) is 24.8 Å². The van der Waals surface area contributed by atoms with E-state index >= 15 is 0 Å². The third-order valence-corrected chi connectivity index (χ3v) is 6.76. The van der Waals surface area contributed by atoms with Crippen LogP contribution in [0.3, 0.4) is 0 Å². The standard InChI is InChI=1S/C27H30N6O2/c1-17-7-3-6-10-21(17)27(34)29-14-18-11-12-22(19(13-18)15-35-2)24-23-25(28)30-16-31-26(23)33(32-24)20-8-4-5-9-20/h3,6-7,10-13,16,20H,4-5,8-9,14-15H2,1-2H3,(H,29,34)(H2,28,30,31). The van der Waals surface area contributed by atoms with Crippen LogP contribution < -0.4 is 11.1 Å². The molecule has 0 aliphatic heterocycles. The summed E-state index contributed by atoms with van der Waals surface area (Å²) in [6.45, 7) is 2.75. The van der Waals surface area contributed by atoms with Crippen LogP contribution in [-0.4, -0.2) is 32.8 Å². The molecule has 1 saturated carbocycles. The van der Waals surface area contributed by atoms with E-state index in [4.69, 9.17) is 15.6 Å². The van der Waals surface area contributed by atoms with E-state index in [1.165, 1.54) is 19.2 Å². The predicted molar refractivity (Wildman–Crippen MR) is 136 cm³/mol. The highest BCUT2D eigenvalue weighted by Crippen LogP contribution is 2.37. The summed E-state index contributed by atoms with van der Waals surface area (Å²) in [6.07, 6.45) is 6.07. The first kappa shape index (κ1) is 23.0. The van der Waals surface area contributed by atoms with E-state index in [1.807, 2.05) is 48.0 Å². The number of hydrogen-bond acceptors (Lipinski definition) is 6. The van der Waals surface area contributed by atoms with Gasteiger partial charge in [0.25, 0.3) is 5.91 Å². The van der Waals surface area contributed by atoms with Crippen molar-refractivity contribution in [3.8, 4) is 11.3 Å². The summed E-state index contributed by atoms with van der Waals surface area (Å²) in [7, 11) is 1.67. The van der Waals surface area contributed by atoms with Crippen molar-refractivity contribution in [2.75, 3.05) is 12.8 Å². The van der Waals surface area contributed by atoms with Crippen molar-refractivity contribution in [2.45, 2.75) is 51.8 Å². The first-order chi connectivity index (χ1) is 17.1. The van der Waals surface area contributed by atoms with E-state index in [-0.39, 0.29) is 5.91 Å². The molecule has 35 heavy (non-hydrogen) atoms. The number of nitrogens with two attached hydrogens (primary N) is 1. The van der Waals surface area contributed by atoms with Gasteiger partial charge in [-0.3, -0.25) is 4.79 Å². The fourth-order valence-electron chi connectivity index (χ4n) is 4.96. The van der Waals surface area contributed by atoms with Crippen molar-refractivity contribution in [3.63, 3.8) is 0 Å². The molecule has 0 atom stereocenters. The van der Waals surface area contributed by atoms with E-state index in [2.05, 4.69) is 21.4 Å². The Hall–Kier alpha value is -3.78. The number of anilines is 1. The molecule has 3 N–H and O–H groups in total. The molecule has 1 aliphatic carbocycles. The number of methoxy groups -OCH3 is 1. The van der Waals surface area contributed by atoms with Gasteiger partial charge in [0.1, 0.15) is 17.8 Å². The molecule has 2 aromatic carbocycles. The Labute approximate surface area is 204 Å². The number of rotatable bonds is 7. The third-order valence-electron chi connectivity index (χ3n) is 6.76. The minimum Gasteiger partial charge on any atom is -0.383 e. The monoisotopic (exact) mass is 470 g/mol. The van der Waals surface area contributed by atoms with Crippen LogP contribution in [0.25, 0.3) is 22.3 Å². The van der Waals surface area contributed by atoms with Crippen LogP contribution in [0.5, 0.6) is 0 Å². The minimum atomic E-state index is -0.0910. The number of fused-ring (bicyclic) bond motifs is 1. The van der Waals surface area contributed by atoms with Gasteiger partial charge in [0.15, 0.2) is 5.65 Å². The van der Waals surface area contributed by atoms with E-state index < -0.39 is 0 Å². The highest BCUT2D eigenvalue weighted by molar-refractivity contribution is 5.99. The third kappa shape index (κ3) is 4.49. The number of aryl methyl sites for hydroxylation is 1. The van der Waals surface area contributed by atoms with Crippen molar-refractivity contribution in [1.29, 1.82) is 0 Å². The van der Waals surface area contributed by atoms with Gasteiger partial charge in [-0.05, 0) is 42.5 Å². The fraction of sp³-hybridized carbons (Fsp3) is 0.333. The average Bonchev–Trinajstić information content (AvgIpc) is 3.52. The zero-order chi connectivity index (χ0) is 24.4. The quantitative estimate of drug-likeness (QED) is 0.409. The van der Waals surface area contributed by atoms with Gasteiger partial charge in [-0.15, -0.1) is 0 Å². The maximum atomic E-state index is 12.7. The molecule has 1 amide bonds. The summed E-state index contributed by atoms with van der Waals surface area (Å²) < 4.78 is 7.55. The van der Waals surface area contributed by atoms with Crippen LogP contribution >= 0.6 is 0 Å². The van der Waals surface area contributed by atoms with Crippen LogP contribution in [0.4, 0.5) is 5.82 Å². The Morgan fingerprint density at radius 1 is 1.17 bits per heavy atom. The lowest BCUT2D eigenvalue weighted by molar-refractivity contribution is 0.0950. The average molecular weight is 471 g/mol. The zero-order valence-corrected chi connectivity index (χ0v) is 20.1. The first-order valence-electron chi connectivity index (χ1n) is 12.0. The second-order valence-corrected chi connectivity index (χ2v) is 9.11. The van der Waals surface area contributed by atoms with Crippen LogP contribution in [0.15, 0.2) is 48.8 Å².